The second-order valence-electron chi connectivity index (χ2n) is 22.7. The van der Waals surface area contributed by atoms with Gasteiger partial charge < -0.3 is 9.71 Å². The van der Waals surface area contributed by atoms with Crippen LogP contribution in [0.3, 0.4) is 0 Å². The Bertz CT molecular complexity index is 3260. The molecule has 0 radical (unpaired) electrons. The minimum absolute atomic E-state index is 0.0356. The van der Waals surface area contributed by atoms with E-state index in [1.807, 2.05) is 0 Å². The lowest BCUT2D eigenvalue weighted by Crippen LogP contribution is -2.62. The summed E-state index contributed by atoms with van der Waals surface area (Å²) >= 11 is 0. The van der Waals surface area contributed by atoms with Crippen LogP contribution < -0.4 is 20.6 Å². The molecule has 0 saturated carbocycles. The second kappa shape index (κ2) is 14.3. The van der Waals surface area contributed by atoms with Crippen molar-refractivity contribution < 1.29 is 0 Å². The second-order valence-corrected chi connectivity index (χ2v) is 22.7. The van der Waals surface area contributed by atoms with Gasteiger partial charge in [-0.3, -0.25) is 0 Å². The molecule has 8 aromatic carbocycles. The number of rotatable bonds is 4. The summed E-state index contributed by atoms with van der Waals surface area (Å²) in [7, 11) is 0. The average molecular weight is 857 g/mol. The lowest BCUT2D eigenvalue weighted by molar-refractivity contribution is 0.332. The predicted octanol–water partition coefficient (Wildman–Crippen LogP) is 15.9. The molecule has 0 saturated heterocycles. The van der Waals surface area contributed by atoms with Gasteiger partial charge in [-0.1, -0.05) is 165 Å². The molecular formula is C63H61BN2. The molecule has 66 heavy (non-hydrogen) atoms. The third kappa shape index (κ3) is 6.14. The minimum Gasteiger partial charge on any atom is -0.376 e. The van der Waals surface area contributed by atoms with Gasteiger partial charge in [0.1, 0.15) is 0 Å². The number of benzene rings is 8. The highest BCUT2D eigenvalue weighted by molar-refractivity contribution is 6.94. The number of hydrogen-bond acceptors (Lipinski definition) is 2. The van der Waals surface area contributed by atoms with Crippen molar-refractivity contribution in [1.82, 2.24) is 0 Å². The van der Waals surface area contributed by atoms with E-state index < -0.39 is 0 Å². The van der Waals surface area contributed by atoms with Gasteiger partial charge in [0.15, 0.2) is 0 Å². The normalized spacial score (nSPS) is 17.9. The molecule has 326 valence electrons. The van der Waals surface area contributed by atoms with Crippen LogP contribution in [0.2, 0.25) is 0 Å². The number of hydrogen-bond donors (Lipinski definition) is 0. The number of anilines is 5. The van der Waals surface area contributed by atoms with E-state index in [-0.39, 0.29) is 28.5 Å². The molecule has 2 heterocycles. The summed E-state index contributed by atoms with van der Waals surface area (Å²) in [6.07, 6.45) is 4.67. The SMILES string of the molecule is Cc1cc(-c2ccccc2)ccc1N1c2cc3c(cc2B2c4c1cc1ccccc1c4-c1cc4c(cc1N2c1ccc(-c2ccccc2)cc1)C(C)(C)CCC4(C)C)C(C)(C)CCC3(C)C. The maximum Gasteiger partial charge on any atom is 0.333 e. The summed E-state index contributed by atoms with van der Waals surface area (Å²) < 4.78 is 0. The van der Waals surface area contributed by atoms with Gasteiger partial charge in [0.05, 0.1) is 0 Å². The molecule has 0 unspecified atom stereocenters. The zero-order valence-corrected chi connectivity index (χ0v) is 40.3. The summed E-state index contributed by atoms with van der Waals surface area (Å²) in [5, 5.41) is 2.61. The van der Waals surface area contributed by atoms with Crippen LogP contribution in [0, 0.1) is 6.92 Å². The number of nitrogens with zero attached hydrogens (tertiary/aromatic N) is 2. The van der Waals surface area contributed by atoms with Crippen molar-refractivity contribution in [2.75, 3.05) is 9.71 Å². The quantitative estimate of drug-likeness (QED) is 0.163. The van der Waals surface area contributed by atoms with Crippen molar-refractivity contribution in [3.8, 4) is 33.4 Å². The molecule has 12 rings (SSSR count). The molecule has 2 aliphatic carbocycles. The lowest BCUT2D eigenvalue weighted by Gasteiger charge is -2.50. The van der Waals surface area contributed by atoms with Crippen LogP contribution in [-0.4, -0.2) is 6.85 Å². The Morgan fingerprint density at radius 1 is 0.424 bits per heavy atom. The standard InChI is InChI=1S/C63H61BN2/c1-40-34-44(42-20-14-11-15-21-42)26-29-54(40)65-56-39-52-50(61(4,5)31-33-63(52,8)9)37-53(56)64-59-57(65)35-45-22-16-17-23-47(45)58(59)48-36-49-51(62(6,7)32-30-60(49,2)3)38-55(48)66(64)46-27-24-43(25-28-46)41-18-12-10-13-19-41/h10-29,34-39H,30-33H2,1-9H3. The average Bonchev–Trinajstić information content (AvgIpc) is 3.32. The third-order valence-corrected chi connectivity index (χ3v) is 16.7. The molecule has 0 N–H and O–H groups in total. The van der Waals surface area contributed by atoms with Crippen LogP contribution in [0.4, 0.5) is 28.4 Å². The first-order valence-corrected chi connectivity index (χ1v) is 24.5. The summed E-state index contributed by atoms with van der Waals surface area (Å²) in [6.45, 7) is 22.1. The topological polar surface area (TPSA) is 6.48 Å². The lowest BCUT2D eigenvalue weighted by atomic mass is 9.42. The Morgan fingerprint density at radius 3 is 1.53 bits per heavy atom. The van der Waals surface area contributed by atoms with Gasteiger partial charge in [0, 0.05) is 34.0 Å². The fourth-order valence-corrected chi connectivity index (χ4v) is 12.5. The number of aryl methyl sites for hydroxylation is 1. The fraction of sp³-hybridized carbons (Fsp3) is 0.270. The molecule has 0 atom stereocenters. The van der Waals surface area contributed by atoms with E-state index in [9.17, 15) is 0 Å². The molecule has 3 heteroatoms. The highest BCUT2D eigenvalue weighted by Gasteiger charge is 2.49. The maximum absolute atomic E-state index is 2.76. The molecular weight excluding hydrogens is 796 g/mol. The molecule has 0 aromatic heterocycles. The van der Waals surface area contributed by atoms with E-state index in [0.717, 1.165) is 12.8 Å². The van der Waals surface area contributed by atoms with E-state index in [0.29, 0.717) is 0 Å². The highest BCUT2D eigenvalue weighted by atomic mass is 15.2. The molecule has 0 fully saturated rings. The van der Waals surface area contributed by atoms with Crippen LogP contribution in [0.15, 0.2) is 158 Å². The van der Waals surface area contributed by atoms with Crippen LogP contribution in [-0.2, 0) is 21.7 Å². The third-order valence-electron chi connectivity index (χ3n) is 16.7. The smallest absolute Gasteiger partial charge is 0.333 e. The summed E-state index contributed by atoms with van der Waals surface area (Å²) in [4.78, 5) is 5.43. The number of fused-ring (bicyclic) bond motifs is 8. The fourth-order valence-electron chi connectivity index (χ4n) is 12.5. The van der Waals surface area contributed by atoms with Crippen molar-refractivity contribution in [2.45, 2.75) is 110 Å². The first kappa shape index (κ1) is 41.1. The van der Waals surface area contributed by atoms with Crippen LogP contribution >= 0.6 is 0 Å². The predicted molar refractivity (Wildman–Crippen MR) is 284 cm³/mol. The molecule has 0 bridgehead atoms. The van der Waals surface area contributed by atoms with Crippen molar-refractivity contribution in [1.29, 1.82) is 0 Å². The largest absolute Gasteiger partial charge is 0.376 e. The Labute approximate surface area is 393 Å². The Hall–Kier alpha value is -6.32. The highest BCUT2D eigenvalue weighted by Crippen LogP contribution is 2.56. The zero-order chi connectivity index (χ0) is 45.5. The molecule has 8 aromatic rings. The van der Waals surface area contributed by atoms with E-state index in [1.54, 1.807) is 0 Å². The van der Waals surface area contributed by atoms with Crippen molar-refractivity contribution >= 4 is 57.0 Å². The first-order chi connectivity index (χ1) is 31.6. The summed E-state index contributed by atoms with van der Waals surface area (Å²) in [5.74, 6) is 0. The summed E-state index contributed by atoms with van der Waals surface area (Å²) in [6, 6.07) is 60.7. The van der Waals surface area contributed by atoms with Crippen molar-refractivity contribution in [3.63, 3.8) is 0 Å². The Morgan fingerprint density at radius 2 is 0.924 bits per heavy atom. The van der Waals surface area contributed by atoms with E-state index >= 15 is 0 Å². The van der Waals surface area contributed by atoms with Gasteiger partial charge in [-0.05, 0) is 180 Å². The van der Waals surface area contributed by atoms with Gasteiger partial charge in [-0.15, -0.1) is 0 Å². The minimum atomic E-state index is -0.0752. The van der Waals surface area contributed by atoms with Gasteiger partial charge >= 0.3 is 6.85 Å². The van der Waals surface area contributed by atoms with Crippen LogP contribution in [0.25, 0.3) is 44.2 Å². The van der Waals surface area contributed by atoms with Gasteiger partial charge in [-0.25, -0.2) is 0 Å². The van der Waals surface area contributed by atoms with Crippen molar-refractivity contribution in [3.05, 3.63) is 186 Å². The molecule has 0 spiro atoms. The Kier molecular flexibility index (Phi) is 8.94. The molecule has 4 aliphatic rings. The van der Waals surface area contributed by atoms with E-state index in [2.05, 4.69) is 230 Å². The zero-order valence-electron chi connectivity index (χ0n) is 40.3. The van der Waals surface area contributed by atoms with Crippen molar-refractivity contribution in [2.24, 2.45) is 0 Å². The van der Waals surface area contributed by atoms with Gasteiger partial charge in [0.2, 0.25) is 0 Å². The molecule has 2 aliphatic heterocycles. The molecule has 0 amide bonds. The van der Waals surface area contributed by atoms with Gasteiger partial charge in [0.25, 0.3) is 0 Å². The first-order valence-electron chi connectivity index (χ1n) is 24.5. The molecule has 2 nitrogen and oxygen atoms in total. The van der Waals surface area contributed by atoms with E-state index in [1.165, 1.54) is 124 Å². The summed E-state index contributed by atoms with van der Waals surface area (Å²) in [5.41, 5.74) is 24.2. The Balaban J connectivity index is 1.22. The van der Waals surface area contributed by atoms with E-state index in [4.69, 9.17) is 0 Å². The van der Waals surface area contributed by atoms with Crippen LogP contribution in [0.1, 0.15) is 109 Å². The monoisotopic (exact) mass is 856 g/mol. The van der Waals surface area contributed by atoms with Crippen LogP contribution in [0.5, 0.6) is 0 Å². The maximum atomic E-state index is 2.76. The van der Waals surface area contributed by atoms with Gasteiger partial charge in [-0.2, -0.15) is 0 Å².